The number of nitrogens with one attached hydrogen (secondary N) is 1. The van der Waals surface area contributed by atoms with Crippen molar-refractivity contribution >= 4 is 34.2 Å². The lowest BCUT2D eigenvalue weighted by molar-refractivity contribution is 0.0939. The van der Waals surface area contributed by atoms with Crippen molar-refractivity contribution in [2.45, 2.75) is 32.9 Å². The van der Waals surface area contributed by atoms with E-state index >= 15 is 0 Å². The van der Waals surface area contributed by atoms with Crippen LogP contribution < -0.4 is 16.6 Å². The molecule has 2 heterocycles. The van der Waals surface area contributed by atoms with E-state index in [2.05, 4.69) is 10.4 Å². The summed E-state index contributed by atoms with van der Waals surface area (Å²) in [6.45, 7) is 3.62. The summed E-state index contributed by atoms with van der Waals surface area (Å²) in [5.41, 5.74) is -0.288. The molecule has 0 aliphatic rings. The number of aromatic nitrogens is 4. The topological polar surface area (TPSA) is 90.4 Å². The number of benzene rings is 2. The molecule has 1 unspecified atom stereocenters. The summed E-state index contributed by atoms with van der Waals surface area (Å²) >= 11 is 6.10. The van der Waals surface area contributed by atoms with E-state index in [0.29, 0.717) is 5.56 Å². The summed E-state index contributed by atoms with van der Waals surface area (Å²) in [5.74, 6) is -0.808. The van der Waals surface area contributed by atoms with Gasteiger partial charge in [-0.3, -0.25) is 14.2 Å². The van der Waals surface area contributed by atoms with Crippen LogP contribution in [0.5, 0.6) is 0 Å². The van der Waals surface area contributed by atoms with Gasteiger partial charge in [0.05, 0.1) is 17.4 Å². The molecule has 1 atom stereocenters. The van der Waals surface area contributed by atoms with E-state index in [0.717, 1.165) is 11.1 Å². The zero-order valence-electron chi connectivity index (χ0n) is 17.7. The highest BCUT2D eigenvalue weighted by Crippen LogP contribution is 2.20. The van der Waals surface area contributed by atoms with Crippen molar-refractivity contribution in [1.82, 2.24) is 24.1 Å². The highest BCUT2D eigenvalue weighted by atomic mass is 35.5. The molecule has 10 heteroatoms. The van der Waals surface area contributed by atoms with Crippen LogP contribution in [0.2, 0.25) is 5.02 Å². The summed E-state index contributed by atoms with van der Waals surface area (Å²) in [6, 6.07) is 8.76. The number of halogens is 2. The molecule has 0 bridgehead atoms. The summed E-state index contributed by atoms with van der Waals surface area (Å²) in [4.78, 5) is 38.7. The maximum Gasteiger partial charge on any atom is 0.352 e. The van der Waals surface area contributed by atoms with Crippen molar-refractivity contribution < 1.29 is 9.18 Å². The monoisotopic (exact) mass is 457 g/mol. The van der Waals surface area contributed by atoms with Gasteiger partial charge in [-0.1, -0.05) is 24.6 Å². The molecule has 8 nitrogen and oxygen atoms in total. The molecule has 32 heavy (non-hydrogen) atoms. The Morgan fingerprint density at radius 2 is 2.00 bits per heavy atom. The number of carbonyl (C=O) groups is 1. The normalized spacial score (nSPS) is 12.4. The maximum atomic E-state index is 14.3. The number of carbonyl (C=O) groups excluding carboxylic acids is 1. The summed E-state index contributed by atoms with van der Waals surface area (Å²) in [5, 5.41) is 7.52. The van der Waals surface area contributed by atoms with Crippen molar-refractivity contribution in [1.29, 1.82) is 0 Å². The first kappa shape index (κ1) is 21.8. The molecular weight excluding hydrogens is 437 g/mol. The average molecular weight is 458 g/mol. The maximum absolute atomic E-state index is 14.3. The van der Waals surface area contributed by atoms with Crippen LogP contribution in [-0.2, 0) is 13.6 Å². The van der Waals surface area contributed by atoms with Crippen LogP contribution in [0.15, 0.2) is 46.0 Å². The molecule has 2 aromatic carbocycles. The van der Waals surface area contributed by atoms with Crippen LogP contribution in [0.25, 0.3) is 16.7 Å². The van der Waals surface area contributed by atoms with E-state index in [1.165, 1.54) is 46.3 Å². The van der Waals surface area contributed by atoms with Gasteiger partial charge in [0, 0.05) is 29.2 Å². The van der Waals surface area contributed by atoms with Crippen LogP contribution >= 0.6 is 11.6 Å². The van der Waals surface area contributed by atoms with Gasteiger partial charge in [0.25, 0.3) is 11.5 Å². The first-order valence-electron chi connectivity index (χ1n) is 10.1. The second kappa shape index (κ2) is 8.23. The third-order valence-corrected chi connectivity index (χ3v) is 5.87. The number of aryl methyl sites for hydroxylation is 1. The van der Waals surface area contributed by atoms with Gasteiger partial charge < -0.3 is 5.32 Å². The zero-order chi connectivity index (χ0) is 23.2. The molecule has 4 rings (SSSR count). The predicted molar refractivity (Wildman–Crippen MR) is 120 cm³/mol. The van der Waals surface area contributed by atoms with E-state index in [-0.39, 0.29) is 51.3 Å². The molecule has 1 N–H and O–H groups in total. The van der Waals surface area contributed by atoms with Gasteiger partial charge in [-0.25, -0.2) is 18.3 Å². The Labute approximate surface area is 186 Å². The van der Waals surface area contributed by atoms with Crippen molar-refractivity contribution in [3.63, 3.8) is 0 Å². The average Bonchev–Trinajstić information content (AvgIpc) is 3.10. The Kier molecular flexibility index (Phi) is 5.60. The second-order valence-electron chi connectivity index (χ2n) is 7.65. The Bertz CT molecular complexity index is 1470. The van der Waals surface area contributed by atoms with E-state index in [1.807, 2.05) is 13.8 Å². The fourth-order valence-corrected chi connectivity index (χ4v) is 3.70. The van der Waals surface area contributed by atoms with Gasteiger partial charge in [-0.15, -0.1) is 5.10 Å². The number of fused-ring (bicyclic) bond motifs is 3. The molecule has 0 fully saturated rings. The van der Waals surface area contributed by atoms with Gasteiger partial charge in [-0.05, 0) is 43.7 Å². The van der Waals surface area contributed by atoms with Gasteiger partial charge in [0.2, 0.25) is 5.78 Å². The molecule has 0 saturated heterocycles. The molecule has 166 valence electrons. The summed E-state index contributed by atoms with van der Waals surface area (Å²) in [6.07, 6.45) is 0.759. The third-order valence-electron chi connectivity index (χ3n) is 5.52. The van der Waals surface area contributed by atoms with Gasteiger partial charge in [-0.2, -0.15) is 0 Å². The van der Waals surface area contributed by atoms with Gasteiger partial charge in [0.1, 0.15) is 5.82 Å². The van der Waals surface area contributed by atoms with Crippen LogP contribution in [0.4, 0.5) is 4.39 Å². The molecule has 2 aromatic heterocycles. The largest absolute Gasteiger partial charge is 0.352 e. The zero-order valence-corrected chi connectivity index (χ0v) is 18.5. The van der Waals surface area contributed by atoms with E-state index in [9.17, 15) is 18.8 Å². The number of amides is 1. The highest BCUT2D eigenvalue weighted by Gasteiger charge is 2.19. The van der Waals surface area contributed by atoms with Crippen LogP contribution in [0, 0.1) is 5.82 Å². The fraction of sp³-hybridized carbons (Fsp3) is 0.273. The lowest BCUT2D eigenvalue weighted by atomic mass is 10.1. The minimum Gasteiger partial charge on any atom is -0.350 e. The van der Waals surface area contributed by atoms with E-state index in [4.69, 9.17) is 11.6 Å². The Morgan fingerprint density at radius 1 is 1.25 bits per heavy atom. The van der Waals surface area contributed by atoms with E-state index in [1.54, 1.807) is 6.07 Å². The molecular formula is C22H21ClFN5O3. The van der Waals surface area contributed by atoms with Crippen LogP contribution in [-0.4, -0.2) is 30.7 Å². The third kappa shape index (κ3) is 3.58. The number of hydrogen-bond acceptors (Lipinski definition) is 4. The van der Waals surface area contributed by atoms with Crippen molar-refractivity contribution in [3.8, 4) is 0 Å². The molecule has 0 spiro atoms. The highest BCUT2D eigenvalue weighted by molar-refractivity contribution is 6.31. The van der Waals surface area contributed by atoms with Crippen molar-refractivity contribution in [2.24, 2.45) is 7.05 Å². The standard InChI is InChI=1S/C22H21ClFN5O3/c1-4-12(2)25-19(30)13-8-9-14-18(10-13)29-21(27(3)20(14)31)26-28(22(29)32)11-15-16(23)6-5-7-17(15)24/h5-10,12H,4,11H2,1-3H3,(H,25,30). The quantitative estimate of drug-likeness (QED) is 0.499. The summed E-state index contributed by atoms with van der Waals surface area (Å²) in [7, 11) is 1.49. The van der Waals surface area contributed by atoms with Crippen LogP contribution in [0.1, 0.15) is 36.2 Å². The van der Waals surface area contributed by atoms with Crippen molar-refractivity contribution in [2.75, 3.05) is 0 Å². The molecule has 4 aromatic rings. The van der Waals surface area contributed by atoms with Crippen molar-refractivity contribution in [3.05, 3.63) is 79.2 Å². The van der Waals surface area contributed by atoms with Gasteiger partial charge >= 0.3 is 5.69 Å². The lowest BCUT2D eigenvalue weighted by Gasteiger charge is -2.12. The first-order chi connectivity index (χ1) is 15.2. The molecule has 1 amide bonds. The smallest absolute Gasteiger partial charge is 0.350 e. The first-order valence-corrected chi connectivity index (χ1v) is 10.5. The number of nitrogens with zero attached hydrogens (tertiary/aromatic N) is 4. The number of rotatable bonds is 5. The minimum absolute atomic E-state index is 0.0298. The van der Waals surface area contributed by atoms with Gasteiger partial charge in [0.15, 0.2) is 0 Å². The molecule has 0 radical (unpaired) electrons. The van der Waals surface area contributed by atoms with E-state index < -0.39 is 11.5 Å². The minimum atomic E-state index is -0.584. The Hall–Kier alpha value is -3.46. The predicted octanol–water partition coefficient (Wildman–Crippen LogP) is 2.72. The van der Waals surface area contributed by atoms with Crippen LogP contribution in [0.3, 0.4) is 0 Å². The Balaban J connectivity index is 1.93. The fourth-order valence-electron chi connectivity index (χ4n) is 3.48. The second-order valence-corrected chi connectivity index (χ2v) is 8.06. The molecule has 0 saturated carbocycles. The molecule has 0 aliphatic carbocycles. The summed E-state index contributed by atoms with van der Waals surface area (Å²) < 4.78 is 17.8. The SMILES string of the molecule is CCC(C)NC(=O)c1ccc2c(=O)n(C)c3nn(Cc4c(F)cccc4Cl)c(=O)n3c2c1. The lowest BCUT2D eigenvalue weighted by Crippen LogP contribution is -2.32. The molecule has 0 aliphatic heterocycles. The number of hydrogen-bond donors (Lipinski definition) is 1. The Morgan fingerprint density at radius 3 is 2.69 bits per heavy atom.